The van der Waals surface area contributed by atoms with E-state index >= 15 is 0 Å². The summed E-state index contributed by atoms with van der Waals surface area (Å²) >= 11 is 0. The standard InChI is InChI=1S/C20H18F2N2O4/c1-2-27-18(25)15-16(12-8-4-3-5-9-12)23-20(26)24-17(15)13-10-6-7-11-14(13)28-19(21)22/h3-11,17,19H,2H2,1H3,(H2,23,24,26)/t17-/m1/s1. The van der Waals surface area contributed by atoms with Crippen LogP contribution >= 0.6 is 0 Å². The van der Waals surface area contributed by atoms with Crippen LogP contribution in [0.4, 0.5) is 13.6 Å². The first kappa shape index (κ1) is 19.3. The number of alkyl halides is 2. The Balaban J connectivity index is 2.18. The summed E-state index contributed by atoms with van der Waals surface area (Å²) in [5, 5.41) is 5.22. The SMILES string of the molecule is CCOC(=O)C1=C(c2ccccc2)NC(=O)N[C@@H]1c1ccccc1OC(F)F. The zero-order chi connectivity index (χ0) is 20.1. The molecular formula is C20H18F2N2O4. The molecule has 6 nitrogen and oxygen atoms in total. The molecule has 0 saturated carbocycles. The van der Waals surface area contributed by atoms with E-state index in [1.165, 1.54) is 18.2 Å². The molecule has 28 heavy (non-hydrogen) atoms. The number of rotatable bonds is 6. The Morgan fingerprint density at radius 2 is 1.79 bits per heavy atom. The van der Waals surface area contributed by atoms with Crippen LogP contribution < -0.4 is 15.4 Å². The summed E-state index contributed by atoms with van der Waals surface area (Å²) in [6, 6.07) is 13.1. The molecule has 0 aromatic heterocycles. The maximum atomic E-state index is 12.8. The lowest BCUT2D eigenvalue weighted by Crippen LogP contribution is -2.45. The number of ether oxygens (including phenoxy) is 2. The lowest BCUT2D eigenvalue weighted by molar-refractivity contribution is -0.138. The quantitative estimate of drug-likeness (QED) is 0.741. The number of nitrogens with one attached hydrogen (secondary N) is 2. The van der Waals surface area contributed by atoms with E-state index in [-0.39, 0.29) is 29.2 Å². The number of carbonyl (C=O) groups is 2. The number of halogens is 2. The molecule has 0 bridgehead atoms. The van der Waals surface area contributed by atoms with Crippen LogP contribution in [0.2, 0.25) is 0 Å². The van der Waals surface area contributed by atoms with Gasteiger partial charge in [0.05, 0.1) is 23.9 Å². The molecule has 1 heterocycles. The maximum Gasteiger partial charge on any atom is 0.387 e. The van der Waals surface area contributed by atoms with Gasteiger partial charge in [0.15, 0.2) is 0 Å². The smallest absolute Gasteiger partial charge is 0.387 e. The number of carbonyl (C=O) groups excluding carboxylic acids is 2. The van der Waals surface area contributed by atoms with Gasteiger partial charge >= 0.3 is 18.6 Å². The molecule has 0 aliphatic carbocycles. The van der Waals surface area contributed by atoms with Crippen molar-refractivity contribution >= 4 is 17.7 Å². The predicted octanol–water partition coefficient (Wildman–Crippen LogP) is 3.62. The summed E-state index contributed by atoms with van der Waals surface area (Å²) in [7, 11) is 0. The molecule has 0 radical (unpaired) electrons. The highest BCUT2D eigenvalue weighted by Crippen LogP contribution is 2.36. The second-order valence-electron chi connectivity index (χ2n) is 5.82. The molecule has 2 aromatic rings. The molecule has 2 amide bonds. The third-order valence-electron chi connectivity index (χ3n) is 4.08. The fraction of sp³-hybridized carbons (Fsp3) is 0.200. The molecule has 2 aromatic carbocycles. The van der Waals surface area contributed by atoms with E-state index in [4.69, 9.17) is 4.74 Å². The van der Waals surface area contributed by atoms with Crippen molar-refractivity contribution < 1.29 is 27.8 Å². The summed E-state index contributed by atoms with van der Waals surface area (Å²) in [5.74, 6) is -0.815. The van der Waals surface area contributed by atoms with Crippen LogP contribution in [0, 0.1) is 0 Å². The first-order valence-corrected chi connectivity index (χ1v) is 8.59. The summed E-state index contributed by atoms with van der Waals surface area (Å²) < 4.78 is 35.4. The van der Waals surface area contributed by atoms with Crippen LogP contribution in [0.1, 0.15) is 24.1 Å². The molecule has 1 aliphatic heterocycles. The van der Waals surface area contributed by atoms with Crippen LogP contribution in [0.25, 0.3) is 5.70 Å². The molecule has 0 saturated heterocycles. The summed E-state index contributed by atoms with van der Waals surface area (Å²) in [4.78, 5) is 25.0. The maximum absolute atomic E-state index is 12.8. The Hall–Kier alpha value is -3.42. The third kappa shape index (κ3) is 4.11. The van der Waals surface area contributed by atoms with Gasteiger partial charge in [-0.3, -0.25) is 0 Å². The number of hydrogen-bond acceptors (Lipinski definition) is 4. The summed E-state index contributed by atoms with van der Waals surface area (Å²) in [5.41, 5.74) is 1.14. The average molecular weight is 388 g/mol. The lowest BCUT2D eigenvalue weighted by Gasteiger charge is -2.30. The summed E-state index contributed by atoms with van der Waals surface area (Å²) in [6.07, 6.45) is 0. The molecule has 8 heteroatoms. The van der Waals surface area contributed by atoms with Gasteiger partial charge in [-0.05, 0) is 18.6 Å². The van der Waals surface area contributed by atoms with Gasteiger partial charge < -0.3 is 20.1 Å². The fourth-order valence-electron chi connectivity index (χ4n) is 2.98. The van der Waals surface area contributed by atoms with Gasteiger partial charge in [0.1, 0.15) is 5.75 Å². The van der Waals surface area contributed by atoms with Crippen molar-refractivity contribution in [2.45, 2.75) is 19.6 Å². The zero-order valence-corrected chi connectivity index (χ0v) is 14.9. The van der Waals surface area contributed by atoms with Crippen LogP contribution in [-0.4, -0.2) is 25.2 Å². The molecular weight excluding hydrogens is 370 g/mol. The predicted molar refractivity (Wildman–Crippen MR) is 97.5 cm³/mol. The summed E-state index contributed by atoms with van der Waals surface area (Å²) in [6.45, 7) is -1.29. The minimum atomic E-state index is -3.05. The Morgan fingerprint density at radius 1 is 1.11 bits per heavy atom. The number of urea groups is 1. The normalized spacial score (nSPS) is 16.4. The number of benzene rings is 2. The molecule has 0 fully saturated rings. The van der Waals surface area contributed by atoms with Gasteiger partial charge in [-0.2, -0.15) is 8.78 Å². The lowest BCUT2D eigenvalue weighted by atomic mass is 9.92. The third-order valence-corrected chi connectivity index (χ3v) is 4.08. The molecule has 0 spiro atoms. The second-order valence-corrected chi connectivity index (χ2v) is 5.82. The van der Waals surface area contributed by atoms with Gasteiger partial charge in [-0.15, -0.1) is 0 Å². The van der Waals surface area contributed by atoms with Crippen molar-refractivity contribution in [3.8, 4) is 5.75 Å². The highest BCUT2D eigenvalue weighted by atomic mass is 19.3. The highest BCUT2D eigenvalue weighted by molar-refractivity contribution is 6.04. The van der Waals surface area contributed by atoms with Crippen LogP contribution in [0.3, 0.4) is 0 Å². The van der Waals surface area contributed by atoms with Crippen LogP contribution in [0.5, 0.6) is 5.75 Å². The number of amides is 2. The Bertz CT molecular complexity index is 900. The molecule has 3 rings (SSSR count). The minimum Gasteiger partial charge on any atom is -0.463 e. The zero-order valence-electron chi connectivity index (χ0n) is 14.9. The molecule has 1 aliphatic rings. The number of esters is 1. The largest absolute Gasteiger partial charge is 0.463 e. The average Bonchev–Trinajstić information content (AvgIpc) is 2.68. The van der Waals surface area contributed by atoms with Crippen molar-refractivity contribution in [2.24, 2.45) is 0 Å². The van der Waals surface area contributed by atoms with Crippen LogP contribution in [-0.2, 0) is 9.53 Å². The number of para-hydroxylation sites is 1. The van der Waals surface area contributed by atoms with Crippen molar-refractivity contribution in [2.75, 3.05) is 6.61 Å². The minimum absolute atomic E-state index is 0.0953. The van der Waals surface area contributed by atoms with Gasteiger partial charge in [-0.1, -0.05) is 48.5 Å². The topological polar surface area (TPSA) is 76.7 Å². The Morgan fingerprint density at radius 3 is 2.46 bits per heavy atom. The molecule has 0 unspecified atom stereocenters. The van der Waals surface area contributed by atoms with Gasteiger partial charge in [0.25, 0.3) is 0 Å². The second kappa shape index (κ2) is 8.51. The van der Waals surface area contributed by atoms with E-state index < -0.39 is 24.7 Å². The van der Waals surface area contributed by atoms with E-state index in [0.717, 1.165) is 0 Å². The van der Waals surface area contributed by atoms with E-state index in [0.29, 0.717) is 5.56 Å². The van der Waals surface area contributed by atoms with E-state index in [9.17, 15) is 18.4 Å². The van der Waals surface area contributed by atoms with E-state index in [1.54, 1.807) is 43.3 Å². The van der Waals surface area contributed by atoms with Gasteiger partial charge in [0.2, 0.25) is 0 Å². The molecule has 1 atom stereocenters. The first-order chi connectivity index (χ1) is 13.5. The van der Waals surface area contributed by atoms with Gasteiger partial charge in [-0.25, -0.2) is 9.59 Å². The van der Waals surface area contributed by atoms with Crippen LogP contribution in [0.15, 0.2) is 60.2 Å². The molecule has 2 N–H and O–H groups in total. The Kier molecular flexibility index (Phi) is 5.88. The Labute approximate surface area is 160 Å². The van der Waals surface area contributed by atoms with E-state index in [1.807, 2.05) is 0 Å². The van der Waals surface area contributed by atoms with E-state index in [2.05, 4.69) is 15.4 Å². The first-order valence-electron chi connectivity index (χ1n) is 8.59. The van der Waals surface area contributed by atoms with Crippen molar-refractivity contribution in [3.05, 3.63) is 71.3 Å². The van der Waals surface area contributed by atoms with Crippen molar-refractivity contribution in [1.82, 2.24) is 10.6 Å². The van der Waals surface area contributed by atoms with Crippen molar-refractivity contribution in [3.63, 3.8) is 0 Å². The van der Waals surface area contributed by atoms with Crippen molar-refractivity contribution in [1.29, 1.82) is 0 Å². The number of hydrogen-bond donors (Lipinski definition) is 2. The van der Waals surface area contributed by atoms with Gasteiger partial charge in [0, 0.05) is 5.56 Å². The monoisotopic (exact) mass is 388 g/mol. The highest BCUT2D eigenvalue weighted by Gasteiger charge is 2.36. The molecule has 146 valence electrons. The fourth-order valence-corrected chi connectivity index (χ4v) is 2.98.